The molecule has 1 unspecified atom stereocenters. The van der Waals surface area contributed by atoms with Gasteiger partial charge in [0.15, 0.2) is 5.78 Å². The van der Waals surface area contributed by atoms with Crippen molar-refractivity contribution in [2.75, 3.05) is 7.11 Å². The monoisotopic (exact) mass is 489 g/mol. The number of amides is 1. The van der Waals surface area contributed by atoms with E-state index in [0.717, 1.165) is 11.1 Å². The maximum absolute atomic E-state index is 13.3. The summed E-state index contributed by atoms with van der Waals surface area (Å²) in [6, 6.07) is 22.5. The van der Waals surface area contributed by atoms with Crippen molar-refractivity contribution in [2.24, 2.45) is 0 Å². The van der Waals surface area contributed by atoms with E-state index in [4.69, 9.17) is 14.2 Å². The average molecular weight is 490 g/mol. The Morgan fingerprint density at radius 3 is 2.00 bits per heavy atom. The first-order valence-electron chi connectivity index (χ1n) is 11.6. The van der Waals surface area contributed by atoms with Gasteiger partial charge in [-0.05, 0) is 56.2 Å². The minimum atomic E-state index is -0.875. The molecule has 0 aliphatic carbocycles. The van der Waals surface area contributed by atoms with Gasteiger partial charge in [0.1, 0.15) is 18.0 Å². The van der Waals surface area contributed by atoms with Crippen LogP contribution in [0, 0.1) is 0 Å². The van der Waals surface area contributed by atoms with E-state index in [1.807, 2.05) is 54.6 Å². The molecule has 0 fully saturated rings. The van der Waals surface area contributed by atoms with Gasteiger partial charge in [0.25, 0.3) is 0 Å². The number of benzene rings is 3. The Morgan fingerprint density at radius 1 is 0.806 bits per heavy atom. The fraction of sp³-hybridized carbons (Fsp3) is 0.276. The molecule has 36 heavy (non-hydrogen) atoms. The normalized spacial score (nSPS) is 11.8. The predicted octanol–water partition coefficient (Wildman–Crippen LogP) is 5.37. The number of ketones is 1. The molecule has 0 saturated carbocycles. The largest absolute Gasteiger partial charge is 0.489 e. The Hall–Kier alpha value is -4.13. The van der Waals surface area contributed by atoms with Crippen molar-refractivity contribution in [1.82, 2.24) is 5.32 Å². The molecule has 0 aliphatic rings. The molecule has 0 bridgehead atoms. The van der Waals surface area contributed by atoms with Crippen molar-refractivity contribution in [2.45, 2.75) is 45.4 Å². The summed E-state index contributed by atoms with van der Waals surface area (Å²) in [6.07, 6.45) is -0.440. The van der Waals surface area contributed by atoms with Crippen LogP contribution in [0.2, 0.25) is 0 Å². The predicted molar refractivity (Wildman–Crippen MR) is 136 cm³/mol. The van der Waals surface area contributed by atoms with E-state index in [1.165, 1.54) is 19.2 Å². The molecule has 1 N–H and O–H groups in total. The molecule has 3 aromatic rings. The Morgan fingerprint density at radius 2 is 1.42 bits per heavy atom. The van der Waals surface area contributed by atoms with Crippen molar-refractivity contribution in [3.05, 3.63) is 101 Å². The van der Waals surface area contributed by atoms with Gasteiger partial charge >= 0.3 is 12.1 Å². The number of carbonyl (C=O) groups excluding carboxylic acids is 3. The van der Waals surface area contributed by atoms with E-state index < -0.39 is 23.7 Å². The molecule has 3 rings (SSSR count). The number of ether oxygens (including phenoxy) is 3. The van der Waals surface area contributed by atoms with Crippen molar-refractivity contribution in [3.63, 3.8) is 0 Å². The lowest BCUT2D eigenvalue weighted by molar-refractivity contribution is 0.0491. The SMILES string of the molecule is COC(=O)c1ccc(C(=O)C(Cc2ccc(OCc3ccccc3)cc2)NC(=O)OC(C)(C)C)cc1. The maximum atomic E-state index is 13.3. The van der Waals surface area contributed by atoms with Crippen LogP contribution in [0.5, 0.6) is 5.75 Å². The van der Waals surface area contributed by atoms with E-state index >= 15 is 0 Å². The molecule has 0 aliphatic heterocycles. The molecule has 1 atom stereocenters. The van der Waals surface area contributed by atoms with Gasteiger partial charge in [-0.15, -0.1) is 0 Å². The molecule has 0 heterocycles. The number of carbonyl (C=O) groups is 3. The Labute approximate surface area is 211 Å². The fourth-order valence-corrected chi connectivity index (χ4v) is 3.45. The number of methoxy groups -OCH3 is 1. The van der Waals surface area contributed by atoms with Crippen LogP contribution >= 0.6 is 0 Å². The summed E-state index contributed by atoms with van der Waals surface area (Å²) in [5.41, 5.74) is 1.87. The zero-order chi connectivity index (χ0) is 26.1. The van der Waals surface area contributed by atoms with E-state index in [1.54, 1.807) is 32.9 Å². The first-order chi connectivity index (χ1) is 17.1. The van der Waals surface area contributed by atoms with Gasteiger partial charge in [0.2, 0.25) is 0 Å². The van der Waals surface area contributed by atoms with Gasteiger partial charge in [0.05, 0.1) is 18.7 Å². The zero-order valence-electron chi connectivity index (χ0n) is 20.9. The van der Waals surface area contributed by atoms with Gasteiger partial charge in [-0.3, -0.25) is 4.79 Å². The highest BCUT2D eigenvalue weighted by Crippen LogP contribution is 2.18. The molecule has 3 aromatic carbocycles. The van der Waals surface area contributed by atoms with Crippen LogP contribution in [0.1, 0.15) is 52.6 Å². The highest BCUT2D eigenvalue weighted by atomic mass is 16.6. The first kappa shape index (κ1) is 26.5. The number of rotatable bonds is 9. The van der Waals surface area contributed by atoms with Crippen LogP contribution in [-0.4, -0.2) is 36.6 Å². The minimum absolute atomic E-state index is 0.246. The third-order valence-electron chi connectivity index (χ3n) is 5.21. The molecule has 7 heteroatoms. The van der Waals surface area contributed by atoms with E-state index in [-0.39, 0.29) is 12.2 Å². The van der Waals surface area contributed by atoms with E-state index in [0.29, 0.717) is 23.5 Å². The molecular weight excluding hydrogens is 458 g/mol. The summed E-state index contributed by atoms with van der Waals surface area (Å²) in [4.78, 5) is 37.5. The van der Waals surface area contributed by atoms with E-state index in [2.05, 4.69) is 5.32 Å². The summed E-state index contributed by atoms with van der Waals surface area (Å²) < 4.78 is 15.9. The van der Waals surface area contributed by atoms with Gasteiger partial charge in [-0.1, -0.05) is 54.6 Å². The molecule has 0 radical (unpaired) electrons. The molecule has 1 amide bonds. The number of nitrogens with one attached hydrogen (secondary N) is 1. The minimum Gasteiger partial charge on any atom is -0.489 e. The summed E-state index contributed by atoms with van der Waals surface area (Å²) in [5.74, 6) is -0.0994. The van der Waals surface area contributed by atoms with Crippen LogP contribution in [-0.2, 0) is 22.5 Å². The maximum Gasteiger partial charge on any atom is 0.408 e. The lowest BCUT2D eigenvalue weighted by atomic mass is 9.97. The molecule has 0 aromatic heterocycles. The second kappa shape index (κ2) is 12.0. The van der Waals surface area contributed by atoms with Crippen molar-refractivity contribution in [1.29, 1.82) is 0 Å². The number of hydrogen-bond donors (Lipinski definition) is 1. The standard InChI is InChI=1S/C29H31NO6/c1-29(2,3)36-28(33)30-25(26(31)22-12-14-23(15-13-22)27(32)34-4)18-20-10-16-24(17-11-20)35-19-21-8-6-5-7-9-21/h5-17,25H,18-19H2,1-4H3,(H,30,33). The third kappa shape index (κ3) is 7.98. The number of alkyl carbamates (subject to hydrolysis) is 1. The number of hydrogen-bond acceptors (Lipinski definition) is 6. The molecule has 7 nitrogen and oxygen atoms in total. The average Bonchev–Trinajstić information content (AvgIpc) is 2.86. The Kier molecular flexibility index (Phi) is 8.84. The van der Waals surface area contributed by atoms with Crippen LogP contribution in [0.25, 0.3) is 0 Å². The van der Waals surface area contributed by atoms with Crippen LogP contribution < -0.4 is 10.1 Å². The van der Waals surface area contributed by atoms with Crippen LogP contribution in [0.15, 0.2) is 78.9 Å². The van der Waals surface area contributed by atoms with Gasteiger partial charge in [-0.25, -0.2) is 9.59 Å². The van der Waals surface area contributed by atoms with Crippen molar-refractivity contribution < 1.29 is 28.6 Å². The molecule has 0 saturated heterocycles. The lowest BCUT2D eigenvalue weighted by Crippen LogP contribution is -2.44. The van der Waals surface area contributed by atoms with Gasteiger partial charge in [0, 0.05) is 12.0 Å². The van der Waals surface area contributed by atoms with Gasteiger partial charge < -0.3 is 19.5 Å². The zero-order valence-corrected chi connectivity index (χ0v) is 20.9. The van der Waals surface area contributed by atoms with E-state index in [9.17, 15) is 14.4 Å². The van der Waals surface area contributed by atoms with Gasteiger partial charge in [-0.2, -0.15) is 0 Å². The second-order valence-electron chi connectivity index (χ2n) is 9.25. The third-order valence-corrected chi connectivity index (χ3v) is 5.21. The Bertz CT molecular complexity index is 1170. The number of Topliss-reactive ketones (excluding diaryl/α,β-unsaturated/α-hetero) is 1. The highest BCUT2D eigenvalue weighted by molar-refractivity contribution is 6.02. The molecule has 188 valence electrons. The van der Waals surface area contributed by atoms with Crippen LogP contribution in [0.3, 0.4) is 0 Å². The van der Waals surface area contributed by atoms with Crippen LogP contribution in [0.4, 0.5) is 4.79 Å². The summed E-state index contributed by atoms with van der Waals surface area (Å²) in [5, 5.41) is 2.70. The second-order valence-corrected chi connectivity index (χ2v) is 9.25. The quantitative estimate of drug-likeness (QED) is 0.321. The summed E-state index contributed by atoms with van der Waals surface area (Å²) in [7, 11) is 1.29. The smallest absolute Gasteiger partial charge is 0.408 e. The number of esters is 1. The fourth-order valence-electron chi connectivity index (χ4n) is 3.45. The van der Waals surface area contributed by atoms with Crippen molar-refractivity contribution in [3.8, 4) is 5.75 Å². The van der Waals surface area contributed by atoms with Crippen molar-refractivity contribution >= 4 is 17.8 Å². The Balaban J connectivity index is 1.73. The first-order valence-corrected chi connectivity index (χ1v) is 11.6. The topological polar surface area (TPSA) is 90.9 Å². The lowest BCUT2D eigenvalue weighted by Gasteiger charge is -2.23. The molecular formula is C29H31NO6. The highest BCUT2D eigenvalue weighted by Gasteiger charge is 2.26. The summed E-state index contributed by atoms with van der Waals surface area (Å²) >= 11 is 0. The summed E-state index contributed by atoms with van der Waals surface area (Å²) in [6.45, 7) is 5.71. The molecule has 0 spiro atoms.